The lowest BCUT2D eigenvalue weighted by molar-refractivity contribution is 0.449. The molecule has 0 aliphatic carbocycles. The highest BCUT2D eigenvalue weighted by molar-refractivity contribution is 7.80. The Hall–Kier alpha value is -3.33. The fourth-order valence-electron chi connectivity index (χ4n) is 1.63. The molecular formula is C15H14N4O4S. The van der Waals surface area contributed by atoms with Gasteiger partial charge in [-0.15, -0.1) is 0 Å². The van der Waals surface area contributed by atoms with Crippen LogP contribution in [0.2, 0.25) is 0 Å². The predicted octanol–water partition coefficient (Wildman–Crippen LogP) is 1.34. The highest BCUT2D eigenvalue weighted by atomic mass is 32.1. The maximum Gasteiger partial charge on any atom is 0.207 e. The summed E-state index contributed by atoms with van der Waals surface area (Å²) in [7, 11) is 0. The Morgan fingerprint density at radius 2 is 1.21 bits per heavy atom. The summed E-state index contributed by atoms with van der Waals surface area (Å²) in [5.74, 6) is -0.358. The van der Waals surface area contributed by atoms with Crippen LogP contribution in [0.25, 0.3) is 0 Å². The molecule has 8 nitrogen and oxygen atoms in total. The minimum atomic E-state index is -0.125. The van der Waals surface area contributed by atoms with Crippen molar-refractivity contribution in [2.24, 2.45) is 10.2 Å². The summed E-state index contributed by atoms with van der Waals surface area (Å²) in [6.07, 6.45) is 2.64. The molecule has 124 valence electrons. The monoisotopic (exact) mass is 346 g/mol. The van der Waals surface area contributed by atoms with Crippen LogP contribution in [0.3, 0.4) is 0 Å². The second-order valence-corrected chi connectivity index (χ2v) is 4.96. The number of benzene rings is 2. The van der Waals surface area contributed by atoms with Gasteiger partial charge < -0.3 is 20.4 Å². The maximum absolute atomic E-state index is 9.58. The highest BCUT2D eigenvalue weighted by Crippen LogP contribution is 2.21. The number of hydrogen-bond acceptors (Lipinski definition) is 7. The van der Waals surface area contributed by atoms with Gasteiger partial charge >= 0.3 is 0 Å². The van der Waals surface area contributed by atoms with E-state index in [0.29, 0.717) is 11.1 Å². The number of nitrogens with one attached hydrogen (secondary N) is 2. The molecule has 0 fully saturated rings. The van der Waals surface area contributed by atoms with Crippen LogP contribution in [0, 0.1) is 0 Å². The van der Waals surface area contributed by atoms with Crippen molar-refractivity contribution in [1.29, 1.82) is 0 Å². The molecule has 0 bridgehead atoms. The maximum atomic E-state index is 9.58. The van der Waals surface area contributed by atoms with E-state index in [9.17, 15) is 20.4 Å². The summed E-state index contributed by atoms with van der Waals surface area (Å²) < 4.78 is 0. The number of hydrazone groups is 2. The molecule has 0 unspecified atom stereocenters. The Balaban J connectivity index is 1.87. The van der Waals surface area contributed by atoms with E-state index >= 15 is 0 Å². The van der Waals surface area contributed by atoms with Crippen molar-refractivity contribution in [2.45, 2.75) is 0 Å². The molecule has 0 saturated carbocycles. The van der Waals surface area contributed by atoms with Crippen molar-refractivity contribution in [3.63, 3.8) is 0 Å². The second kappa shape index (κ2) is 7.79. The zero-order valence-corrected chi connectivity index (χ0v) is 13.0. The molecule has 0 aliphatic rings. The topological polar surface area (TPSA) is 130 Å². The van der Waals surface area contributed by atoms with Gasteiger partial charge in [0, 0.05) is 23.3 Å². The highest BCUT2D eigenvalue weighted by Gasteiger charge is 2.00. The molecule has 24 heavy (non-hydrogen) atoms. The summed E-state index contributed by atoms with van der Waals surface area (Å²) in [6.45, 7) is 0. The van der Waals surface area contributed by atoms with Gasteiger partial charge in [0.25, 0.3) is 0 Å². The van der Waals surface area contributed by atoms with Crippen LogP contribution < -0.4 is 10.9 Å². The van der Waals surface area contributed by atoms with Gasteiger partial charge in [-0.25, -0.2) is 0 Å². The largest absolute Gasteiger partial charge is 0.508 e. The van der Waals surface area contributed by atoms with Gasteiger partial charge in [0.2, 0.25) is 5.11 Å². The molecule has 2 aromatic carbocycles. The first-order valence-corrected chi connectivity index (χ1v) is 7.02. The van der Waals surface area contributed by atoms with E-state index in [1.807, 2.05) is 0 Å². The first kappa shape index (κ1) is 17.0. The van der Waals surface area contributed by atoms with Crippen molar-refractivity contribution in [3.8, 4) is 23.0 Å². The Morgan fingerprint density at radius 3 is 1.58 bits per heavy atom. The molecule has 6 N–H and O–H groups in total. The van der Waals surface area contributed by atoms with E-state index in [0.717, 1.165) is 0 Å². The van der Waals surface area contributed by atoms with Crippen molar-refractivity contribution in [1.82, 2.24) is 10.9 Å². The van der Waals surface area contributed by atoms with Gasteiger partial charge in [0.15, 0.2) is 0 Å². The quantitative estimate of drug-likeness (QED) is 0.280. The second-order valence-electron chi connectivity index (χ2n) is 4.56. The third kappa shape index (κ3) is 4.85. The fraction of sp³-hybridized carbons (Fsp3) is 0. The van der Waals surface area contributed by atoms with E-state index in [4.69, 9.17) is 12.2 Å². The minimum Gasteiger partial charge on any atom is -0.508 e. The zero-order valence-electron chi connectivity index (χ0n) is 12.2. The van der Waals surface area contributed by atoms with Gasteiger partial charge in [0.05, 0.1) is 12.4 Å². The average molecular weight is 346 g/mol. The van der Waals surface area contributed by atoms with Crippen molar-refractivity contribution >= 4 is 29.8 Å². The van der Waals surface area contributed by atoms with Gasteiger partial charge in [-0.3, -0.25) is 10.9 Å². The van der Waals surface area contributed by atoms with E-state index in [1.165, 1.54) is 48.8 Å². The van der Waals surface area contributed by atoms with Crippen LogP contribution in [0.1, 0.15) is 11.1 Å². The van der Waals surface area contributed by atoms with Gasteiger partial charge in [0.1, 0.15) is 23.0 Å². The van der Waals surface area contributed by atoms with Gasteiger partial charge in [-0.2, -0.15) is 10.2 Å². The van der Waals surface area contributed by atoms with Crippen LogP contribution in [0.5, 0.6) is 23.0 Å². The van der Waals surface area contributed by atoms with Gasteiger partial charge in [-0.1, -0.05) is 0 Å². The van der Waals surface area contributed by atoms with Crippen LogP contribution in [0.4, 0.5) is 0 Å². The van der Waals surface area contributed by atoms with Crippen LogP contribution in [-0.2, 0) is 0 Å². The first-order chi connectivity index (χ1) is 11.5. The number of phenols is 4. The molecule has 2 aromatic rings. The molecule has 0 amide bonds. The number of nitrogens with zero attached hydrogens (tertiary/aromatic N) is 2. The molecule has 9 heteroatoms. The Labute approximate surface area is 142 Å². The van der Waals surface area contributed by atoms with Crippen molar-refractivity contribution in [3.05, 3.63) is 47.5 Å². The number of aromatic hydroxyl groups is 4. The molecule has 2 rings (SSSR count). The van der Waals surface area contributed by atoms with E-state index in [1.54, 1.807) is 0 Å². The number of phenolic OH excluding ortho intramolecular Hbond substituents is 4. The zero-order chi connectivity index (χ0) is 17.5. The standard InChI is InChI=1S/C15H14N4O4S/c20-11-3-1-9(13(22)5-11)7-16-18-15(24)19-17-8-10-2-4-12(21)6-14(10)23/h1-8,20-23H,(H2,18,19,24)/b16-7+,17-8+. The van der Waals surface area contributed by atoms with Crippen LogP contribution in [0.15, 0.2) is 46.6 Å². The molecule has 0 saturated heterocycles. The lowest BCUT2D eigenvalue weighted by Gasteiger charge is -2.03. The summed E-state index contributed by atoms with van der Waals surface area (Å²) >= 11 is 4.94. The molecular weight excluding hydrogens is 332 g/mol. The SMILES string of the molecule is Oc1ccc(/C=N/NC(=S)N/N=C/c2ccc(O)cc2O)c(O)c1. The Bertz CT molecular complexity index is 743. The molecule has 0 aromatic heterocycles. The van der Waals surface area contributed by atoms with Crippen molar-refractivity contribution < 1.29 is 20.4 Å². The molecule has 0 aliphatic heterocycles. The summed E-state index contributed by atoms with van der Waals surface area (Å²) in [5.41, 5.74) is 5.74. The minimum absolute atomic E-state index is 0.0541. The first-order valence-electron chi connectivity index (χ1n) is 6.62. The lowest BCUT2D eigenvalue weighted by atomic mass is 10.2. The van der Waals surface area contributed by atoms with Crippen LogP contribution >= 0.6 is 12.2 Å². The van der Waals surface area contributed by atoms with E-state index in [-0.39, 0.29) is 28.1 Å². The predicted molar refractivity (Wildman–Crippen MR) is 93.6 cm³/mol. The van der Waals surface area contributed by atoms with Gasteiger partial charge in [-0.05, 0) is 36.5 Å². The van der Waals surface area contributed by atoms with E-state index in [2.05, 4.69) is 21.1 Å². The average Bonchev–Trinajstić information content (AvgIpc) is 2.51. The van der Waals surface area contributed by atoms with Crippen molar-refractivity contribution in [2.75, 3.05) is 0 Å². The Kier molecular flexibility index (Phi) is 5.53. The molecule has 0 radical (unpaired) electrons. The number of thiocarbonyl (C=S) groups is 1. The lowest BCUT2D eigenvalue weighted by Crippen LogP contribution is -2.28. The number of hydrogen-bond donors (Lipinski definition) is 6. The summed E-state index contributed by atoms with van der Waals surface area (Å²) in [5, 5.41) is 45.2. The van der Waals surface area contributed by atoms with Crippen LogP contribution in [-0.4, -0.2) is 38.0 Å². The number of rotatable bonds is 4. The third-order valence-electron chi connectivity index (χ3n) is 2.77. The third-order valence-corrected chi connectivity index (χ3v) is 2.95. The normalized spacial score (nSPS) is 11.0. The van der Waals surface area contributed by atoms with E-state index < -0.39 is 0 Å². The summed E-state index contributed by atoms with van der Waals surface area (Å²) in [4.78, 5) is 0. The molecule has 0 heterocycles. The summed E-state index contributed by atoms with van der Waals surface area (Å²) in [6, 6.07) is 8.16. The fourth-order valence-corrected chi connectivity index (χ4v) is 1.73. The Morgan fingerprint density at radius 1 is 0.792 bits per heavy atom. The molecule has 0 spiro atoms. The smallest absolute Gasteiger partial charge is 0.207 e. The molecule has 0 atom stereocenters.